The van der Waals surface area contributed by atoms with Crippen LogP contribution in [0.4, 0.5) is 0 Å². The summed E-state index contributed by atoms with van der Waals surface area (Å²) >= 11 is 1.21. The quantitative estimate of drug-likeness (QED) is 0.712. The molecule has 3 atom stereocenters. The molecule has 3 heterocycles. The summed E-state index contributed by atoms with van der Waals surface area (Å²) in [6.45, 7) is 6.92. The second-order valence-corrected chi connectivity index (χ2v) is 8.88. The fourth-order valence-corrected chi connectivity index (χ4v) is 5.74. The fraction of sp³-hybridized carbons (Fsp3) is 0.750. The largest absolute Gasteiger partial charge is 0.466 e. The topological polar surface area (TPSA) is 72.0 Å². The van der Waals surface area contributed by atoms with E-state index in [-0.39, 0.29) is 17.8 Å². The van der Waals surface area contributed by atoms with Crippen LogP contribution in [0.2, 0.25) is 0 Å². The molecule has 3 aliphatic rings. The van der Waals surface area contributed by atoms with Gasteiger partial charge < -0.3 is 14.4 Å². The molecule has 0 radical (unpaired) electrons. The molecule has 2 saturated heterocycles. The summed E-state index contributed by atoms with van der Waals surface area (Å²) in [6, 6.07) is 2.26. The summed E-state index contributed by atoms with van der Waals surface area (Å²) in [5, 5.41) is 0. The third-order valence-electron chi connectivity index (χ3n) is 6.66. The van der Waals surface area contributed by atoms with E-state index in [0.717, 1.165) is 52.0 Å². The van der Waals surface area contributed by atoms with E-state index in [2.05, 4.69) is 9.27 Å². The van der Waals surface area contributed by atoms with Gasteiger partial charge in [-0.2, -0.15) is 0 Å². The molecule has 3 fully saturated rings. The van der Waals surface area contributed by atoms with Crippen molar-refractivity contribution in [2.24, 2.45) is 11.3 Å². The number of esters is 1. The molecule has 8 heteroatoms. The Morgan fingerprint density at radius 3 is 2.86 bits per heavy atom. The fourth-order valence-electron chi connectivity index (χ4n) is 5.17. The van der Waals surface area contributed by atoms with E-state index >= 15 is 0 Å². The van der Waals surface area contributed by atoms with Gasteiger partial charge in [-0.25, -0.2) is 4.37 Å². The van der Waals surface area contributed by atoms with Crippen molar-refractivity contribution < 1.29 is 19.1 Å². The number of rotatable bonds is 4. The molecule has 0 bridgehead atoms. The van der Waals surface area contributed by atoms with Crippen LogP contribution in [0.5, 0.6) is 0 Å². The van der Waals surface area contributed by atoms with E-state index in [4.69, 9.17) is 9.47 Å². The Bertz CT molecular complexity index is 692. The van der Waals surface area contributed by atoms with Crippen LogP contribution in [0.25, 0.3) is 0 Å². The molecule has 0 aromatic carbocycles. The number of hydrogen-bond acceptors (Lipinski definition) is 7. The molecule has 154 valence electrons. The number of carbonyl (C=O) groups excluding carboxylic acids is 2. The van der Waals surface area contributed by atoms with Gasteiger partial charge >= 0.3 is 5.97 Å². The van der Waals surface area contributed by atoms with E-state index in [9.17, 15) is 9.59 Å². The average molecular weight is 408 g/mol. The van der Waals surface area contributed by atoms with Gasteiger partial charge in [-0.15, -0.1) is 0 Å². The highest BCUT2D eigenvalue weighted by Crippen LogP contribution is 2.48. The number of aromatic nitrogens is 1. The van der Waals surface area contributed by atoms with Gasteiger partial charge in [0, 0.05) is 38.4 Å². The van der Waals surface area contributed by atoms with Gasteiger partial charge in [-0.05, 0) is 56.1 Å². The number of hydrogen-bond donors (Lipinski definition) is 0. The van der Waals surface area contributed by atoms with Crippen LogP contribution in [0.1, 0.15) is 42.3 Å². The number of likely N-dealkylation sites (tertiary alicyclic amines) is 1. The number of amides is 1. The van der Waals surface area contributed by atoms with E-state index < -0.39 is 5.41 Å². The van der Waals surface area contributed by atoms with Crippen molar-refractivity contribution in [1.82, 2.24) is 14.2 Å². The lowest BCUT2D eigenvalue weighted by molar-refractivity contribution is -0.168. The predicted molar refractivity (Wildman–Crippen MR) is 105 cm³/mol. The Morgan fingerprint density at radius 1 is 1.32 bits per heavy atom. The zero-order valence-electron chi connectivity index (χ0n) is 16.5. The highest BCUT2D eigenvalue weighted by Gasteiger charge is 2.54. The average Bonchev–Trinajstić information content (AvgIpc) is 3.28. The van der Waals surface area contributed by atoms with Crippen LogP contribution < -0.4 is 0 Å². The zero-order valence-corrected chi connectivity index (χ0v) is 17.3. The molecule has 1 aromatic heterocycles. The summed E-state index contributed by atoms with van der Waals surface area (Å²) < 4.78 is 15.1. The maximum atomic E-state index is 13.1. The highest BCUT2D eigenvalue weighted by atomic mass is 32.1. The first-order valence-corrected chi connectivity index (χ1v) is 11.1. The van der Waals surface area contributed by atoms with Crippen molar-refractivity contribution in [2.75, 3.05) is 46.0 Å². The number of morpholine rings is 1. The Labute approximate surface area is 170 Å². The lowest BCUT2D eigenvalue weighted by Crippen LogP contribution is -2.59. The van der Waals surface area contributed by atoms with Crippen LogP contribution in [-0.4, -0.2) is 78.1 Å². The van der Waals surface area contributed by atoms with Gasteiger partial charge in [0.2, 0.25) is 0 Å². The molecule has 1 saturated carbocycles. The highest BCUT2D eigenvalue weighted by molar-refractivity contribution is 7.08. The first kappa shape index (κ1) is 19.8. The van der Waals surface area contributed by atoms with Gasteiger partial charge in [-0.1, -0.05) is 0 Å². The molecule has 0 spiro atoms. The molecule has 1 aliphatic carbocycles. The van der Waals surface area contributed by atoms with Crippen LogP contribution in [0, 0.1) is 11.3 Å². The smallest absolute Gasteiger partial charge is 0.314 e. The van der Waals surface area contributed by atoms with Crippen LogP contribution >= 0.6 is 11.5 Å². The van der Waals surface area contributed by atoms with E-state index in [1.54, 1.807) is 12.3 Å². The van der Waals surface area contributed by atoms with Crippen molar-refractivity contribution in [2.45, 2.75) is 38.6 Å². The Kier molecular flexibility index (Phi) is 5.99. The molecule has 0 N–H and O–H groups in total. The van der Waals surface area contributed by atoms with Gasteiger partial charge in [0.25, 0.3) is 5.91 Å². The van der Waals surface area contributed by atoms with Crippen molar-refractivity contribution in [3.8, 4) is 0 Å². The maximum Gasteiger partial charge on any atom is 0.314 e. The van der Waals surface area contributed by atoms with E-state index in [1.807, 2.05) is 11.8 Å². The summed E-state index contributed by atoms with van der Waals surface area (Å²) in [6.07, 6.45) is 5.26. The van der Waals surface area contributed by atoms with Crippen molar-refractivity contribution in [3.05, 3.63) is 17.1 Å². The zero-order chi connectivity index (χ0) is 19.6. The van der Waals surface area contributed by atoms with Gasteiger partial charge in [0.05, 0.1) is 25.2 Å². The third-order valence-corrected chi connectivity index (χ3v) is 7.40. The molecular weight excluding hydrogens is 378 g/mol. The molecule has 4 rings (SSSR count). The number of piperidine rings is 1. The van der Waals surface area contributed by atoms with Gasteiger partial charge in [-0.3, -0.25) is 14.5 Å². The Hall–Kier alpha value is -1.51. The monoisotopic (exact) mass is 407 g/mol. The first-order valence-electron chi connectivity index (χ1n) is 10.3. The minimum Gasteiger partial charge on any atom is -0.466 e. The van der Waals surface area contributed by atoms with Crippen LogP contribution in [-0.2, 0) is 14.3 Å². The maximum absolute atomic E-state index is 13.1. The normalized spacial score (nSPS) is 31.2. The standard InChI is InChI=1S/C20H29N3O4S/c1-2-27-19(25)20-6-3-16(22-9-11-26-12-10-22)13-15(20)5-8-23(14-20)18(24)17-4-7-21-28-17/h4,7,15-16H,2-3,5-6,8-14H2,1H3/t15-,16-,20-/m1/s1. The van der Waals surface area contributed by atoms with Crippen LogP contribution in [0.3, 0.4) is 0 Å². The van der Waals surface area contributed by atoms with E-state index in [0.29, 0.717) is 30.6 Å². The first-order chi connectivity index (χ1) is 13.6. The van der Waals surface area contributed by atoms with E-state index in [1.165, 1.54) is 11.5 Å². The van der Waals surface area contributed by atoms with Crippen molar-refractivity contribution in [3.63, 3.8) is 0 Å². The summed E-state index contributed by atoms with van der Waals surface area (Å²) in [4.78, 5) is 31.0. The molecule has 1 amide bonds. The lowest BCUT2D eigenvalue weighted by atomic mass is 9.61. The molecule has 2 aliphatic heterocycles. The predicted octanol–water partition coefficient (Wildman–Crippen LogP) is 2.04. The number of fused-ring (bicyclic) bond motifs is 1. The lowest BCUT2D eigenvalue weighted by Gasteiger charge is -2.52. The summed E-state index contributed by atoms with van der Waals surface area (Å²) in [5.41, 5.74) is -0.572. The second kappa shape index (κ2) is 8.47. The molecule has 0 unspecified atom stereocenters. The van der Waals surface area contributed by atoms with Gasteiger partial charge in [0.1, 0.15) is 4.88 Å². The molecule has 7 nitrogen and oxygen atoms in total. The summed E-state index contributed by atoms with van der Waals surface area (Å²) in [5.74, 6) is 0.126. The second-order valence-electron chi connectivity index (χ2n) is 8.04. The Balaban J connectivity index is 1.52. The number of nitrogens with zero attached hydrogens (tertiary/aromatic N) is 3. The van der Waals surface area contributed by atoms with Crippen LogP contribution in [0.15, 0.2) is 12.3 Å². The minimum atomic E-state index is -0.572. The molecular formula is C20H29N3O4S. The number of carbonyl (C=O) groups is 2. The minimum absolute atomic E-state index is 0.0140. The van der Waals surface area contributed by atoms with Crippen molar-refractivity contribution >= 4 is 23.4 Å². The third kappa shape index (κ3) is 3.69. The Morgan fingerprint density at radius 2 is 2.14 bits per heavy atom. The molecule has 28 heavy (non-hydrogen) atoms. The van der Waals surface area contributed by atoms with Gasteiger partial charge in [0.15, 0.2) is 0 Å². The van der Waals surface area contributed by atoms with Crippen molar-refractivity contribution in [1.29, 1.82) is 0 Å². The number of ether oxygens (including phenoxy) is 2. The SMILES string of the molecule is CCOC(=O)[C@@]12CC[C@@H](N3CCOCC3)C[C@H]1CCN(C(=O)c1ccns1)C2. The molecule has 1 aromatic rings. The summed E-state index contributed by atoms with van der Waals surface area (Å²) in [7, 11) is 0.